The number of piperidine rings is 1. The number of carbonyl (C=O) groups is 2. The molecule has 0 aliphatic carbocycles. The van der Waals surface area contributed by atoms with Gasteiger partial charge in [-0.1, -0.05) is 30.3 Å². The first-order valence-electron chi connectivity index (χ1n) is 9.60. The van der Waals surface area contributed by atoms with Crippen molar-refractivity contribution in [2.75, 3.05) is 19.6 Å². The summed E-state index contributed by atoms with van der Waals surface area (Å²) in [5.74, 6) is -0.352. The Morgan fingerprint density at radius 1 is 1.19 bits per heavy atom. The van der Waals surface area contributed by atoms with Crippen LogP contribution in [0.5, 0.6) is 6.01 Å². The van der Waals surface area contributed by atoms with E-state index in [0.29, 0.717) is 19.4 Å². The zero-order valence-electron chi connectivity index (χ0n) is 16.5. The quantitative estimate of drug-likeness (QED) is 0.746. The molecule has 8 nitrogen and oxygen atoms in total. The summed E-state index contributed by atoms with van der Waals surface area (Å²) < 4.78 is 48.8. The van der Waals surface area contributed by atoms with Gasteiger partial charge in [-0.3, -0.25) is 4.79 Å². The molecule has 1 fully saturated rings. The minimum atomic E-state index is -4.60. The van der Waals surface area contributed by atoms with Gasteiger partial charge in [-0.25, -0.2) is 9.78 Å². The fourth-order valence-electron chi connectivity index (χ4n) is 3.00. The van der Waals surface area contributed by atoms with E-state index in [-0.39, 0.29) is 25.6 Å². The maximum absolute atomic E-state index is 12.8. The number of nitrogens with one attached hydrogen (secondary N) is 1. The lowest BCUT2D eigenvalue weighted by Gasteiger charge is -2.32. The Hall–Kier alpha value is -3.37. The number of alkyl halides is 3. The highest BCUT2D eigenvalue weighted by molar-refractivity contribution is 5.82. The van der Waals surface area contributed by atoms with Gasteiger partial charge < -0.3 is 19.7 Å². The number of amides is 2. The van der Waals surface area contributed by atoms with Crippen molar-refractivity contribution in [3.63, 3.8) is 0 Å². The first-order valence-corrected chi connectivity index (χ1v) is 9.60. The molecule has 1 aliphatic heterocycles. The number of hydrogen-bond donors (Lipinski definition) is 1. The normalized spacial score (nSPS) is 16.5. The van der Waals surface area contributed by atoms with Crippen molar-refractivity contribution in [3.8, 4) is 6.01 Å². The van der Waals surface area contributed by atoms with Crippen LogP contribution in [0.25, 0.3) is 0 Å². The summed E-state index contributed by atoms with van der Waals surface area (Å²) in [4.78, 5) is 32.7. The van der Waals surface area contributed by atoms with E-state index < -0.39 is 30.1 Å². The molecule has 1 saturated heterocycles. The maximum Gasteiger partial charge on any atom is 0.433 e. The molecule has 2 heterocycles. The monoisotopic (exact) mass is 438 g/mol. The van der Waals surface area contributed by atoms with Crippen LogP contribution in [-0.2, 0) is 22.3 Å². The lowest BCUT2D eigenvalue weighted by molar-refractivity contribution is -0.141. The third-order valence-electron chi connectivity index (χ3n) is 4.52. The number of benzene rings is 1. The van der Waals surface area contributed by atoms with Crippen molar-refractivity contribution >= 4 is 12.0 Å². The summed E-state index contributed by atoms with van der Waals surface area (Å²) in [6.07, 6.45) is -3.77. The van der Waals surface area contributed by atoms with E-state index in [1.54, 1.807) is 12.1 Å². The molecule has 166 valence electrons. The molecule has 3 rings (SSSR count). The summed E-state index contributed by atoms with van der Waals surface area (Å²) in [7, 11) is 0. The van der Waals surface area contributed by atoms with Gasteiger partial charge >= 0.3 is 18.3 Å². The van der Waals surface area contributed by atoms with E-state index in [2.05, 4.69) is 15.3 Å². The van der Waals surface area contributed by atoms with E-state index in [9.17, 15) is 22.8 Å². The Morgan fingerprint density at radius 2 is 1.97 bits per heavy atom. The van der Waals surface area contributed by atoms with Crippen LogP contribution in [0.15, 0.2) is 42.6 Å². The molecular weight excluding hydrogens is 417 g/mol. The van der Waals surface area contributed by atoms with E-state index in [4.69, 9.17) is 9.47 Å². The summed E-state index contributed by atoms with van der Waals surface area (Å²) in [6, 6.07) is 9.46. The van der Waals surface area contributed by atoms with E-state index in [1.165, 1.54) is 4.90 Å². The molecule has 31 heavy (non-hydrogen) atoms. The third-order valence-corrected chi connectivity index (χ3v) is 4.52. The van der Waals surface area contributed by atoms with Gasteiger partial charge in [-0.2, -0.15) is 18.2 Å². The molecule has 2 amide bonds. The minimum Gasteiger partial charge on any atom is -0.458 e. The maximum atomic E-state index is 12.8. The predicted octanol–water partition coefficient (Wildman–Crippen LogP) is 2.79. The average Bonchev–Trinajstić information content (AvgIpc) is 2.76. The standard InChI is InChI=1S/C20H21F3N4O4/c21-20(22,23)16-8-9-24-18(26-16)31-15-7-4-10-27(12-15)17(28)11-25-19(29)30-13-14-5-2-1-3-6-14/h1-3,5-6,8-9,15H,4,7,10-13H2,(H,25,29). The lowest BCUT2D eigenvalue weighted by atomic mass is 10.1. The Balaban J connectivity index is 1.45. The number of likely N-dealkylation sites (tertiary alicyclic amines) is 1. The number of halogens is 3. The third kappa shape index (κ3) is 6.83. The van der Waals surface area contributed by atoms with Crippen LogP contribution in [0.4, 0.5) is 18.0 Å². The highest BCUT2D eigenvalue weighted by Gasteiger charge is 2.33. The largest absolute Gasteiger partial charge is 0.458 e. The van der Waals surface area contributed by atoms with Gasteiger partial charge in [-0.05, 0) is 24.5 Å². The van der Waals surface area contributed by atoms with Gasteiger partial charge in [-0.15, -0.1) is 0 Å². The van der Waals surface area contributed by atoms with Crippen molar-refractivity contribution in [2.45, 2.75) is 31.7 Å². The van der Waals surface area contributed by atoms with Crippen molar-refractivity contribution in [1.82, 2.24) is 20.2 Å². The van der Waals surface area contributed by atoms with Crippen molar-refractivity contribution in [3.05, 3.63) is 53.9 Å². The van der Waals surface area contributed by atoms with Crippen molar-refractivity contribution in [2.24, 2.45) is 0 Å². The summed E-state index contributed by atoms with van der Waals surface area (Å²) in [6.45, 7) is 0.417. The lowest BCUT2D eigenvalue weighted by Crippen LogP contribution is -2.48. The molecule has 1 aliphatic rings. The average molecular weight is 438 g/mol. The number of nitrogens with zero attached hydrogens (tertiary/aromatic N) is 3. The Bertz CT molecular complexity index is 895. The highest BCUT2D eigenvalue weighted by atomic mass is 19.4. The molecule has 0 radical (unpaired) electrons. The molecule has 11 heteroatoms. The number of rotatable bonds is 6. The molecule has 0 bridgehead atoms. The minimum absolute atomic E-state index is 0.0808. The molecular formula is C20H21F3N4O4. The van der Waals surface area contributed by atoms with Crippen LogP contribution < -0.4 is 10.1 Å². The van der Waals surface area contributed by atoms with E-state index in [1.807, 2.05) is 18.2 Å². The second kappa shape index (κ2) is 10.1. The SMILES string of the molecule is O=C(NCC(=O)N1CCCC(Oc2nccc(C(F)(F)F)n2)C1)OCc1ccccc1. The zero-order chi connectivity index (χ0) is 22.3. The summed E-state index contributed by atoms with van der Waals surface area (Å²) in [5.41, 5.74) is -0.281. The first kappa shape index (κ1) is 22.3. The highest BCUT2D eigenvalue weighted by Crippen LogP contribution is 2.28. The van der Waals surface area contributed by atoms with Crippen LogP contribution in [0, 0.1) is 0 Å². The zero-order valence-corrected chi connectivity index (χ0v) is 16.5. The molecule has 2 aromatic rings. The molecule has 1 N–H and O–H groups in total. The Morgan fingerprint density at radius 3 is 2.71 bits per heavy atom. The molecule has 0 spiro atoms. The van der Waals surface area contributed by atoms with Crippen molar-refractivity contribution in [1.29, 1.82) is 0 Å². The van der Waals surface area contributed by atoms with E-state index in [0.717, 1.165) is 17.8 Å². The number of alkyl carbamates (subject to hydrolysis) is 1. The van der Waals surface area contributed by atoms with Gasteiger partial charge in [0.1, 0.15) is 19.3 Å². The van der Waals surface area contributed by atoms with Crippen molar-refractivity contribution < 1.29 is 32.2 Å². The molecule has 1 atom stereocenters. The number of ether oxygens (including phenoxy) is 2. The van der Waals surface area contributed by atoms with E-state index >= 15 is 0 Å². The van der Waals surface area contributed by atoms with Crippen LogP contribution in [0.2, 0.25) is 0 Å². The first-order chi connectivity index (χ1) is 14.8. The fourth-order valence-corrected chi connectivity index (χ4v) is 3.00. The molecule has 1 aromatic heterocycles. The van der Waals surface area contributed by atoms with Gasteiger partial charge in [0, 0.05) is 12.7 Å². The molecule has 0 saturated carbocycles. The van der Waals surface area contributed by atoms with Crippen LogP contribution in [0.3, 0.4) is 0 Å². The summed E-state index contributed by atoms with van der Waals surface area (Å²) in [5, 5.41) is 2.40. The van der Waals surface area contributed by atoms with Gasteiger partial charge in [0.05, 0.1) is 6.54 Å². The fraction of sp³-hybridized carbons (Fsp3) is 0.400. The number of aromatic nitrogens is 2. The van der Waals surface area contributed by atoms with Gasteiger partial charge in [0.15, 0.2) is 5.69 Å². The second-order valence-electron chi connectivity index (χ2n) is 6.86. The van der Waals surface area contributed by atoms with Gasteiger partial charge in [0.25, 0.3) is 0 Å². The Kier molecular flexibility index (Phi) is 7.27. The Labute approximate surface area is 176 Å². The van der Waals surface area contributed by atoms with Crippen LogP contribution >= 0.6 is 0 Å². The van der Waals surface area contributed by atoms with Crippen LogP contribution in [0.1, 0.15) is 24.1 Å². The van der Waals surface area contributed by atoms with Gasteiger partial charge in [0.2, 0.25) is 5.91 Å². The second-order valence-corrected chi connectivity index (χ2v) is 6.86. The predicted molar refractivity (Wildman–Crippen MR) is 102 cm³/mol. The molecule has 1 unspecified atom stereocenters. The molecule has 1 aromatic carbocycles. The van der Waals surface area contributed by atoms with Crippen LogP contribution in [-0.4, -0.2) is 52.6 Å². The topological polar surface area (TPSA) is 93.7 Å². The smallest absolute Gasteiger partial charge is 0.433 e. The summed E-state index contributed by atoms with van der Waals surface area (Å²) >= 11 is 0. The number of carbonyl (C=O) groups excluding carboxylic acids is 2. The number of hydrogen-bond acceptors (Lipinski definition) is 6.